The number of hydrogen-bond donors (Lipinski definition) is 0. The van der Waals surface area contributed by atoms with E-state index in [-0.39, 0.29) is 0 Å². The average molecular weight is 704 g/mol. The number of para-hydroxylation sites is 4. The van der Waals surface area contributed by atoms with Gasteiger partial charge in [-0.25, -0.2) is 0 Å². The van der Waals surface area contributed by atoms with Crippen molar-refractivity contribution in [3.05, 3.63) is 200 Å². The van der Waals surface area contributed by atoms with Crippen LogP contribution in [-0.4, -0.2) is 0 Å². The largest absolute Gasteiger partial charge is 0.456 e. The van der Waals surface area contributed by atoms with E-state index in [9.17, 15) is 0 Å². The van der Waals surface area contributed by atoms with Crippen LogP contribution in [-0.2, 0) is 0 Å². The highest BCUT2D eigenvalue weighted by Gasteiger charge is 2.22. The predicted octanol–water partition coefficient (Wildman–Crippen LogP) is 15.1. The van der Waals surface area contributed by atoms with Gasteiger partial charge in [0.05, 0.1) is 11.4 Å². The van der Waals surface area contributed by atoms with Gasteiger partial charge >= 0.3 is 0 Å². The number of nitrogens with zero attached hydrogens (tertiary/aromatic N) is 1. The van der Waals surface area contributed by atoms with E-state index in [1.165, 1.54) is 21.9 Å². The minimum Gasteiger partial charge on any atom is -0.456 e. The van der Waals surface area contributed by atoms with Crippen LogP contribution in [0.3, 0.4) is 0 Å². The molecule has 0 saturated heterocycles. The number of fused-ring (bicyclic) bond motifs is 7. The third kappa shape index (κ3) is 5.20. The summed E-state index contributed by atoms with van der Waals surface area (Å²) in [5, 5.41) is 6.93. The first kappa shape index (κ1) is 31.2. The molecule has 3 nitrogen and oxygen atoms in total. The smallest absolute Gasteiger partial charge is 0.159 e. The fraction of sp³-hybridized carbons (Fsp3) is 0. The Morgan fingerprint density at radius 3 is 1.73 bits per heavy atom. The predicted molar refractivity (Wildman–Crippen MR) is 229 cm³/mol. The molecule has 0 amide bonds. The highest BCUT2D eigenvalue weighted by Crippen LogP contribution is 2.46. The lowest BCUT2D eigenvalue weighted by atomic mass is 9.94. The number of rotatable bonds is 6. The first-order valence-electron chi connectivity index (χ1n) is 18.7. The minimum absolute atomic E-state index is 0.849. The Morgan fingerprint density at radius 1 is 0.309 bits per heavy atom. The van der Waals surface area contributed by atoms with Gasteiger partial charge in [-0.05, 0) is 93.2 Å². The summed E-state index contributed by atoms with van der Waals surface area (Å²) in [4.78, 5) is 2.34. The van der Waals surface area contributed by atoms with Gasteiger partial charge in [-0.1, -0.05) is 146 Å². The van der Waals surface area contributed by atoms with Gasteiger partial charge in [0.1, 0.15) is 16.7 Å². The Morgan fingerprint density at radius 2 is 0.873 bits per heavy atom. The zero-order valence-corrected chi connectivity index (χ0v) is 29.8. The standard InChI is InChI=1S/C52H33NO2/c1-2-16-40-35(12-1)13-10-20-41(40)37-14-9-15-38(32-37)42-17-3-6-22-47(42)53(48-23-11-21-46-44-19-5-8-25-50(44)55-52(46)48)39-29-26-34(27-30-39)36-28-31-45-43-18-4-7-24-49(43)54-51(45)33-36/h1-33H. The van der Waals surface area contributed by atoms with Crippen molar-refractivity contribution in [2.45, 2.75) is 0 Å². The maximum atomic E-state index is 6.68. The van der Waals surface area contributed by atoms with Gasteiger partial charge in [-0.2, -0.15) is 0 Å². The lowest BCUT2D eigenvalue weighted by Crippen LogP contribution is -2.11. The SMILES string of the molecule is c1cc(-c2ccccc2N(c2ccc(-c3ccc4c(c3)oc3ccccc34)cc2)c2cccc3c2oc2ccccc23)cc(-c2cccc3ccccc23)c1. The monoisotopic (exact) mass is 703 g/mol. The van der Waals surface area contributed by atoms with E-state index in [0.717, 1.165) is 83.2 Å². The summed E-state index contributed by atoms with van der Waals surface area (Å²) >= 11 is 0. The molecule has 3 heteroatoms. The molecule has 258 valence electrons. The lowest BCUT2D eigenvalue weighted by molar-refractivity contribution is 0.668. The van der Waals surface area contributed by atoms with E-state index in [1.807, 2.05) is 24.3 Å². The molecule has 2 aromatic heterocycles. The number of anilines is 3. The van der Waals surface area contributed by atoms with Crippen molar-refractivity contribution in [1.82, 2.24) is 0 Å². The second-order valence-corrected chi connectivity index (χ2v) is 14.1. The van der Waals surface area contributed by atoms with Crippen LogP contribution in [0.25, 0.3) is 88.0 Å². The third-order valence-corrected chi connectivity index (χ3v) is 10.9. The molecule has 0 unspecified atom stereocenters. The van der Waals surface area contributed by atoms with Crippen LogP contribution in [0.2, 0.25) is 0 Å². The van der Waals surface area contributed by atoms with Crippen molar-refractivity contribution in [3.8, 4) is 33.4 Å². The summed E-state index contributed by atoms with van der Waals surface area (Å²) in [5.41, 5.74) is 13.5. The van der Waals surface area contributed by atoms with Crippen LogP contribution in [0.15, 0.2) is 209 Å². The van der Waals surface area contributed by atoms with E-state index in [4.69, 9.17) is 8.83 Å². The molecule has 0 bridgehead atoms. The quantitative estimate of drug-likeness (QED) is 0.173. The topological polar surface area (TPSA) is 29.5 Å². The van der Waals surface area contributed by atoms with Crippen LogP contribution in [0, 0.1) is 0 Å². The second kappa shape index (κ2) is 12.6. The molecule has 0 atom stereocenters. The lowest BCUT2D eigenvalue weighted by Gasteiger charge is -2.28. The molecule has 11 rings (SSSR count). The molecular weight excluding hydrogens is 671 g/mol. The first-order chi connectivity index (χ1) is 27.3. The summed E-state index contributed by atoms with van der Waals surface area (Å²) in [6.45, 7) is 0. The number of benzene rings is 9. The molecule has 0 saturated carbocycles. The van der Waals surface area contributed by atoms with Crippen LogP contribution in [0.1, 0.15) is 0 Å². The van der Waals surface area contributed by atoms with Gasteiger partial charge in [0.15, 0.2) is 5.58 Å². The summed E-state index contributed by atoms with van der Waals surface area (Å²) in [5.74, 6) is 0. The molecule has 0 fully saturated rings. The Balaban J connectivity index is 1.08. The molecule has 11 aromatic rings. The highest BCUT2D eigenvalue weighted by atomic mass is 16.3. The Labute approximate surface area is 317 Å². The molecule has 9 aromatic carbocycles. The van der Waals surface area contributed by atoms with E-state index >= 15 is 0 Å². The molecule has 0 radical (unpaired) electrons. The van der Waals surface area contributed by atoms with Crippen molar-refractivity contribution in [3.63, 3.8) is 0 Å². The van der Waals surface area contributed by atoms with Crippen molar-refractivity contribution in [2.24, 2.45) is 0 Å². The molecule has 2 heterocycles. The summed E-state index contributed by atoms with van der Waals surface area (Å²) in [6, 6.07) is 71.0. The van der Waals surface area contributed by atoms with Gasteiger partial charge in [0, 0.05) is 32.8 Å². The maximum absolute atomic E-state index is 6.68. The van der Waals surface area contributed by atoms with Crippen LogP contribution >= 0.6 is 0 Å². The van der Waals surface area contributed by atoms with Crippen molar-refractivity contribution in [1.29, 1.82) is 0 Å². The molecule has 0 aliphatic rings. The van der Waals surface area contributed by atoms with Crippen LogP contribution in [0.4, 0.5) is 17.1 Å². The maximum Gasteiger partial charge on any atom is 0.159 e. The third-order valence-electron chi connectivity index (χ3n) is 10.9. The Kier molecular flexibility index (Phi) is 7.17. The number of furan rings is 2. The fourth-order valence-electron chi connectivity index (χ4n) is 8.27. The zero-order valence-electron chi connectivity index (χ0n) is 29.8. The highest BCUT2D eigenvalue weighted by molar-refractivity contribution is 6.11. The fourth-order valence-corrected chi connectivity index (χ4v) is 8.27. The molecule has 55 heavy (non-hydrogen) atoms. The molecule has 0 N–H and O–H groups in total. The van der Waals surface area contributed by atoms with Gasteiger partial charge < -0.3 is 13.7 Å². The van der Waals surface area contributed by atoms with Gasteiger partial charge in [-0.3, -0.25) is 0 Å². The molecular formula is C52H33NO2. The Hall–Kier alpha value is -7.36. The Bertz CT molecular complexity index is 3220. The summed E-state index contributed by atoms with van der Waals surface area (Å²) < 4.78 is 12.9. The van der Waals surface area contributed by atoms with Gasteiger partial charge in [0.2, 0.25) is 0 Å². The zero-order chi connectivity index (χ0) is 36.3. The minimum atomic E-state index is 0.849. The normalized spacial score (nSPS) is 11.6. The van der Waals surface area contributed by atoms with E-state index < -0.39 is 0 Å². The summed E-state index contributed by atoms with van der Waals surface area (Å²) in [7, 11) is 0. The van der Waals surface area contributed by atoms with Crippen molar-refractivity contribution >= 4 is 71.7 Å². The van der Waals surface area contributed by atoms with E-state index in [2.05, 4.69) is 181 Å². The van der Waals surface area contributed by atoms with Crippen LogP contribution < -0.4 is 4.90 Å². The van der Waals surface area contributed by atoms with Gasteiger partial charge in [0.25, 0.3) is 0 Å². The summed E-state index contributed by atoms with van der Waals surface area (Å²) in [6.07, 6.45) is 0. The average Bonchev–Trinajstić information content (AvgIpc) is 3.83. The molecule has 0 spiro atoms. The molecule has 0 aliphatic carbocycles. The molecule has 0 aliphatic heterocycles. The first-order valence-corrected chi connectivity index (χ1v) is 18.7. The number of hydrogen-bond acceptors (Lipinski definition) is 3. The van der Waals surface area contributed by atoms with Gasteiger partial charge in [-0.15, -0.1) is 0 Å². The van der Waals surface area contributed by atoms with Crippen molar-refractivity contribution in [2.75, 3.05) is 4.90 Å². The second-order valence-electron chi connectivity index (χ2n) is 14.1. The van der Waals surface area contributed by atoms with E-state index in [1.54, 1.807) is 0 Å². The van der Waals surface area contributed by atoms with Crippen LogP contribution in [0.5, 0.6) is 0 Å². The van der Waals surface area contributed by atoms with E-state index in [0.29, 0.717) is 0 Å². The van der Waals surface area contributed by atoms with Crippen molar-refractivity contribution < 1.29 is 8.83 Å².